The smallest absolute Gasteiger partial charge is 0.343 e. The van der Waals surface area contributed by atoms with E-state index in [0.717, 1.165) is 5.56 Å². The molecule has 24 heavy (non-hydrogen) atoms. The SMILES string of the molecule is C=CCc1ccc(OS(=O)(=O)c2cc(Br)ccc2OC)c(OC)c1. The van der Waals surface area contributed by atoms with Crippen LogP contribution in [0.1, 0.15) is 5.56 Å². The van der Waals surface area contributed by atoms with Crippen LogP contribution >= 0.6 is 15.9 Å². The molecule has 0 fully saturated rings. The largest absolute Gasteiger partial charge is 0.495 e. The molecule has 0 N–H and O–H groups in total. The van der Waals surface area contributed by atoms with Crippen LogP contribution in [0.5, 0.6) is 17.2 Å². The van der Waals surface area contributed by atoms with E-state index in [-0.39, 0.29) is 16.4 Å². The third-order valence-electron chi connectivity index (χ3n) is 3.20. The lowest BCUT2D eigenvalue weighted by Crippen LogP contribution is -2.12. The quantitative estimate of drug-likeness (QED) is 0.508. The van der Waals surface area contributed by atoms with Crippen LogP contribution in [-0.4, -0.2) is 22.6 Å². The van der Waals surface area contributed by atoms with E-state index < -0.39 is 10.1 Å². The maximum atomic E-state index is 12.6. The number of hydrogen-bond acceptors (Lipinski definition) is 5. The van der Waals surface area contributed by atoms with Crippen LogP contribution in [-0.2, 0) is 16.5 Å². The van der Waals surface area contributed by atoms with E-state index in [1.807, 2.05) is 0 Å². The molecule has 0 spiro atoms. The minimum absolute atomic E-state index is 0.0726. The summed E-state index contributed by atoms with van der Waals surface area (Å²) in [5, 5.41) is 0. The predicted octanol–water partition coefficient (Wildman–Crippen LogP) is 3.96. The summed E-state index contributed by atoms with van der Waals surface area (Å²) in [7, 11) is -1.25. The lowest BCUT2D eigenvalue weighted by molar-refractivity contribution is 0.384. The molecule has 0 aliphatic heterocycles. The topological polar surface area (TPSA) is 61.8 Å². The van der Waals surface area contributed by atoms with Gasteiger partial charge in [-0.1, -0.05) is 28.1 Å². The first-order chi connectivity index (χ1) is 11.4. The number of hydrogen-bond donors (Lipinski definition) is 0. The Hall–Kier alpha value is -1.99. The second kappa shape index (κ2) is 7.72. The molecule has 128 valence electrons. The van der Waals surface area contributed by atoms with Crippen molar-refractivity contribution in [3.63, 3.8) is 0 Å². The van der Waals surface area contributed by atoms with Gasteiger partial charge in [-0.3, -0.25) is 0 Å². The fourth-order valence-electron chi connectivity index (χ4n) is 2.08. The first kappa shape index (κ1) is 18.4. The molecule has 2 aromatic carbocycles. The molecule has 2 rings (SSSR count). The van der Waals surface area contributed by atoms with Crippen molar-refractivity contribution in [3.05, 3.63) is 59.1 Å². The zero-order valence-corrected chi connectivity index (χ0v) is 15.7. The minimum Gasteiger partial charge on any atom is -0.495 e. The van der Waals surface area contributed by atoms with Gasteiger partial charge < -0.3 is 13.7 Å². The monoisotopic (exact) mass is 412 g/mol. The zero-order chi connectivity index (χ0) is 17.7. The van der Waals surface area contributed by atoms with Gasteiger partial charge in [-0.05, 0) is 42.3 Å². The molecule has 0 aromatic heterocycles. The third kappa shape index (κ3) is 4.10. The summed E-state index contributed by atoms with van der Waals surface area (Å²) in [6, 6.07) is 9.68. The fraction of sp³-hybridized carbons (Fsp3) is 0.176. The Bertz CT molecular complexity index is 846. The molecule has 0 heterocycles. The van der Waals surface area contributed by atoms with E-state index in [4.69, 9.17) is 13.7 Å². The van der Waals surface area contributed by atoms with Crippen molar-refractivity contribution in [3.8, 4) is 17.2 Å². The van der Waals surface area contributed by atoms with E-state index in [9.17, 15) is 8.42 Å². The first-order valence-electron chi connectivity index (χ1n) is 6.97. The maximum Gasteiger partial charge on any atom is 0.343 e. The molecule has 0 aliphatic rings. The molecule has 0 unspecified atom stereocenters. The molecule has 0 atom stereocenters. The highest BCUT2D eigenvalue weighted by molar-refractivity contribution is 9.10. The predicted molar refractivity (Wildman–Crippen MR) is 95.4 cm³/mol. The Kier molecular flexibility index (Phi) is 5.90. The highest BCUT2D eigenvalue weighted by Crippen LogP contribution is 2.34. The molecule has 0 aliphatic carbocycles. The van der Waals surface area contributed by atoms with Gasteiger partial charge in [0.15, 0.2) is 11.5 Å². The van der Waals surface area contributed by atoms with Crippen LogP contribution in [0.3, 0.4) is 0 Å². The third-order valence-corrected chi connectivity index (χ3v) is 4.95. The van der Waals surface area contributed by atoms with Crippen molar-refractivity contribution < 1.29 is 22.1 Å². The molecule has 0 saturated heterocycles. The van der Waals surface area contributed by atoms with Crippen molar-refractivity contribution in [1.82, 2.24) is 0 Å². The second-order valence-corrected chi connectivity index (χ2v) is 7.24. The average Bonchev–Trinajstić information content (AvgIpc) is 2.56. The van der Waals surface area contributed by atoms with E-state index in [0.29, 0.717) is 16.6 Å². The molecular weight excluding hydrogens is 396 g/mol. The number of ether oxygens (including phenoxy) is 2. The Morgan fingerprint density at radius 2 is 1.71 bits per heavy atom. The standard InChI is InChI=1S/C17H17BrO5S/c1-4-5-12-6-8-14(16(10-12)22-3)23-24(19,20)17-11-13(18)7-9-15(17)21-2/h4,6-11H,1,5H2,2-3H3. The van der Waals surface area contributed by atoms with Gasteiger partial charge in [0.25, 0.3) is 0 Å². The zero-order valence-electron chi connectivity index (χ0n) is 13.3. The van der Waals surface area contributed by atoms with Gasteiger partial charge >= 0.3 is 10.1 Å². The number of rotatable bonds is 7. The normalized spacial score (nSPS) is 11.0. The van der Waals surface area contributed by atoms with Gasteiger partial charge in [-0.2, -0.15) is 8.42 Å². The summed E-state index contributed by atoms with van der Waals surface area (Å²) in [5.74, 6) is 0.625. The van der Waals surface area contributed by atoms with Gasteiger partial charge in [0.05, 0.1) is 14.2 Å². The number of allylic oxidation sites excluding steroid dienone is 1. The van der Waals surface area contributed by atoms with Crippen molar-refractivity contribution in [1.29, 1.82) is 0 Å². The average molecular weight is 413 g/mol. The van der Waals surface area contributed by atoms with Crippen molar-refractivity contribution in [2.24, 2.45) is 0 Å². The van der Waals surface area contributed by atoms with Gasteiger partial charge in [0.1, 0.15) is 10.6 Å². The summed E-state index contributed by atoms with van der Waals surface area (Å²) in [4.78, 5) is -0.0726. The van der Waals surface area contributed by atoms with Gasteiger partial charge in [0.2, 0.25) is 0 Å². The molecule has 5 nitrogen and oxygen atoms in total. The Morgan fingerprint density at radius 1 is 1.04 bits per heavy atom. The molecular formula is C17H17BrO5S. The molecule has 2 aromatic rings. The van der Waals surface area contributed by atoms with E-state index in [1.54, 1.807) is 36.4 Å². The molecule has 0 amide bonds. The van der Waals surface area contributed by atoms with E-state index in [1.165, 1.54) is 20.3 Å². The van der Waals surface area contributed by atoms with Crippen molar-refractivity contribution >= 4 is 26.0 Å². The first-order valence-corrected chi connectivity index (χ1v) is 9.17. The van der Waals surface area contributed by atoms with Crippen LogP contribution in [0.15, 0.2) is 58.4 Å². The van der Waals surface area contributed by atoms with E-state index >= 15 is 0 Å². The van der Waals surface area contributed by atoms with E-state index in [2.05, 4.69) is 22.5 Å². The number of benzene rings is 2. The highest BCUT2D eigenvalue weighted by atomic mass is 79.9. The van der Waals surface area contributed by atoms with Gasteiger partial charge in [-0.15, -0.1) is 6.58 Å². The molecule has 0 bridgehead atoms. The Labute approximate surface area is 150 Å². The summed E-state index contributed by atoms with van der Waals surface area (Å²) in [5.41, 5.74) is 0.937. The fourth-order valence-corrected chi connectivity index (χ4v) is 3.73. The lowest BCUT2D eigenvalue weighted by atomic mass is 10.1. The van der Waals surface area contributed by atoms with Crippen LogP contribution in [0.2, 0.25) is 0 Å². The number of halogens is 1. The van der Waals surface area contributed by atoms with Gasteiger partial charge in [0, 0.05) is 4.47 Å². The Morgan fingerprint density at radius 3 is 2.33 bits per heavy atom. The van der Waals surface area contributed by atoms with Crippen LogP contribution in [0.25, 0.3) is 0 Å². The molecule has 7 heteroatoms. The summed E-state index contributed by atoms with van der Waals surface area (Å²) < 4.78 is 41.4. The summed E-state index contributed by atoms with van der Waals surface area (Å²) in [6.45, 7) is 3.67. The second-order valence-electron chi connectivity index (χ2n) is 4.81. The van der Waals surface area contributed by atoms with Crippen LogP contribution in [0, 0.1) is 0 Å². The Balaban J connectivity index is 2.43. The molecule has 0 saturated carbocycles. The maximum absolute atomic E-state index is 12.6. The van der Waals surface area contributed by atoms with Crippen LogP contribution in [0.4, 0.5) is 0 Å². The number of methoxy groups -OCH3 is 2. The van der Waals surface area contributed by atoms with Crippen LogP contribution < -0.4 is 13.7 Å². The lowest BCUT2D eigenvalue weighted by Gasteiger charge is -2.14. The molecule has 0 radical (unpaired) electrons. The summed E-state index contributed by atoms with van der Waals surface area (Å²) >= 11 is 3.25. The van der Waals surface area contributed by atoms with Crippen molar-refractivity contribution in [2.45, 2.75) is 11.3 Å². The minimum atomic E-state index is -4.09. The highest BCUT2D eigenvalue weighted by Gasteiger charge is 2.24. The van der Waals surface area contributed by atoms with Gasteiger partial charge in [-0.25, -0.2) is 0 Å². The van der Waals surface area contributed by atoms with Crippen molar-refractivity contribution in [2.75, 3.05) is 14.2 Å². The summed E-state index contributed by atoms with van der Waals surface area (Å²) in [6.07, 6.45) is 2.39.